The average Bonchev–Trinajstić information content (AvgIpc) is 2.89. The number of carbonyl (C=O) groups excluding carboxylic acids is 1. The fraction of sp³-hybridized carbons (Fsp3) is 0.172. The SMILES string of the molecule is O=C(OC(c1ccccc1)c1ccc(OCCCCc2ccc(Cl)cc2)cc1)c1cccnc1. The summed E-state index contributed by atoms with van der Waals surface area (Å²) in [6.07, 6.45) is 5.61. The van der Waals surface area contributed by atoms with E-state index in [-0.39, 0.29) is 0 Å². The Balaban J connectivity index is 1.35. The van der Waals surface area contributed by atoms with Gasteiger partial charge in [0, 0.05) is 17.4 Å². The highest BCUT2D eigenvalue weighted by Gasteiger charge is 2.20. The molecular formula is C29H26ClNO3. The lowest BCUT2D eigenvalue weighted by Gasteiger charge is -2.19. The van der Waals surface area contributed by atoms with E-state index in [1.807, 2.05) is 66.7 Å². The van der Waals surface area contributed by atoms with Gasteiger partial charge >= 0.3 is 5.97 Å². The topological polar surface area (TPSA) is 48.4 Å². The van der Waals surface area contributed by atoms with Gasteiger partial charge in [0.2, 0.25) is 0 Å². The first-order valence-corrected chi connectivity index (χ1v) is 11.7. The van der Waals surface area contributed by atoms with E-state index in [1.54, 1.807) is 18.3 Å². The fourth-order valence-corrected chi connectivity index (χ4v) is 3.75. The number of ether oxygens (including phenoxy) is 2. The van der Waals surface area contributed by atoms with E-state index in [2.05, 4.69) is 17.1 Å². The number of nitrogens with zero attached hydrogens (tertiary/aromatic N) is 1. The lowest BCUT2D eigenvalue weighted by atomic mass is 10.0. The molecule has 0 saturated heterocycles. The van der Waals surface area contributed by atoms with Crippen LogP contribution in [0, 0.1) is 0 Å². The summed E-state index contributed by atoms with van der Waals surface area (Å²) in [6, 6.07) is 28.8. The number of carbonyl (C=O) groups is 1. The molecule has 172 valence electrons. The van der Waals surface area contributed by atoms with Gasteiger partial charge in [-0.1, -0.05) is 66.2 Å². The van der Waals surface area contributed by atoms with E-state index >= 15 is 0 Å². The lowest BCUT2D eigenvalue weighted by molar-refractivity contribution is 0.0377. The Kier molecular flexibility index (Phi) is 8.31. The van der Waals surface area contributed by atoms with Gasteiger partial charge in [-0.2, -0.15) is 0 Å². The Hall–Kier alpha value is -3.63. The summed E-state index contributed by atoms with van der Waals surface area (Å²) in [4.78, 5) is 16.7. The molecule has 4 nitrogen and oxygen atoms in total. The lowest BCUT2D eigenvalue weighted by Crippen LogP contribution is -2.13. The fourth-order valence-electron chi connectivity index (χ4n) is 3.63. The van der Waals surface area contributed by atoms with E-state index in [9.17, 15) is 4.79 Å². The molecule has 5 heteroatoms. The van der Waals surface area contributed by atoms with Gasteiger partial charge in [-0.3, -0.25) is 4.98 Å². The third kappa shape index (κ3) is 6.69. The summed E-state index contributed by atoms with van der Waals surface area (Å²) in [5.74, 6) is 0.378. The number of hydrogen-bond donors (Lipinski definition) is 0. The molecule has 4 rings (SSSR count). The minimum Gasteiger partial charge on any atom is -0.494 e. The van der Waals surface area contributed by atoms with Crippen LogP contribution in [0.2, 0.25) is 5.02 Å². The number of unbranched alkanes of at least 4 members (excludes halogenated alkanes) is 1. The van der Waals surface area contributed by atoms with Crippen LogP contribution in [0.5, 0.6) is 5.75 Å². The number of rotatable bonds is 10. The first-order valence-electron chi connectivity index (χ1n) is 11.3. The smallest absolute Gasteiger partial charge is 0.340 e. The summed E-state index contributed by atoms with van der Waals surface area (Å²) in [7, 11) is 0. The standard InChI is InChI=1S/C29H26ClNO3/c30-26-15-11-22(12-16-26)7-4-5-20-33-27-17-13-24(14-18-27)28(23-8-2-1-3-9-23)34-29(32)25-10-6-19-31-21-25/h1-3,6,8-19,21,28H,4-5,7,20H2. The molecule has 0 aliphatic carbocycles. The van der Waals surface area contributed by atoms with Crippen molar-refractivity contribution < 1.29 is 14.3 Å². The van der Waals surface area contributed by atoms with E-state index in [0.717, 1.165) is 41.2 Å². The number of halogens is 1. The normalized spacial score (nSPS) is 11.6. The second-order valence-corrected chi connectivity index (χ2v) is 8.38. The zero-order valence-corrected chi connectivity index (χ0v) is 19.5. The Morgan fingerprint density at radius 1 is 0.824 bits per heavy atom. The molecule has 0 N–H and O–H groups in total. The number of esters is 1. The summed E-state index contributed by atoms with van der Waals surface area (Å²) in [5.41, 5.74) is 3.47. The molecule has 0 saturated carbocycles. The molecule has 1 aromatic heterocycles. The molecule has 4 aromatic rings. The van der Waals surface area contributed by atoms with Crippen LogP contribution >= 0.6 is 11.6 Å². The highest BCUT2D eigenvalue weighted by atomic mass is 35.5. The van der Waals surface area contributed by atoms with Crippen LogP contribution in [-0.2, 0) is 11.2 Å². The van der Waals surface area contributed by atoms with Gasteiger partial charge in [0.25, 0.3) is 0 Å². The van der Waals surface area contributed by atoms with Crippen molar-refractivity contribution in [1.29, 1.82) is 0 Å². The third-order valence-electron chi connectivity index (χ3n) is 5.45. The van der Waals surface area contributed by atoms with Gasteiger partial charge in [-0.05, 0) is 72.4 Å². The van der Waals surface area contributed by atoms with Crippen LogP contribution in [0.25, 0.3) is 0 Å². The second-order valence-electron chi connectivity index (χ2n) is 7.94. The summed E-state index contributed by atoms with van der Waals surface area (Å²) in [5, 5.41) is 0.761. The zero-order valence-electron chi connectivity index (χ0n) is 18.8. The molecule has 1 unspecified atom stereocenters. The summed E-state index contributed by atoms with van der Waals surface area (Å²) < 4.78 is 11.8. The Morgan fingerprint density at radius 2 is 1.56 bits per heavy atom. The van der Waals surface area contributed by atoms with Gasteiger partial charge in [0.1, 0.15) is 5.75 Å². The third-order valence-corrected chi connectivity index (χ3v) is 5.70. The Bertz CT molecular complexity index is 1160. The predicted octanol–water partition coefficient (Wildman–Crippen LogP) is 7.08. The van der Waals surface area contributed by atoms with Gasteiger partial charge in [-0.25, -0.2) is 4.79 Å². The molecule has 34 heavy (non-hydrogen) atoms. The molecule has 0 fully saturated rings. The minimum atomic E-state index is -0.526. The monoisotopic (exact) mass is 471 g/mol. The highest BCUT2D eigenvalue weighted by molar-refractivity contribution is 6.30. The maximum Gasteiger partial charge on any atom is 0.340 e. The van der Waals surface area contributed by atoms with Crippen molar-refractivity contribution in [2.75, 3.05) is 6.61 Å². The van der Waals surface area contributed by atoms with Crippen molar-refractivity contribution in [3.8, 4) is 5.75 Å². The average molecular weight is 472 g/mol. The molecule has 0 spiro atoms. The van der Waals surface area contributed by atoms with Gasteiger partial charge in [0.05, 0.1) is 12.2 Å². The maximum absolute atomic E-state index is 12.7. The van der Waals surface area contributed by atoms with Crippen LogP contribution < -0.4 is 4.74 Å². The summed E-state index contributed by atoms with van der Waals surface area (Å²) >= 11 is 5.93. The highest BCUT2D eigenvalue weighted by Crippen LogP contribution is 2.28. The van der Waals surface area contributed by atoms with E-state index < -0.39 is 12.1 Å². The van der Waals surface area contributed by atoms with E-state index in [1.165, 1.54) is 11.8 Å². The quantitative estimate of drug-likeness (QED) is 0.183. The van der Waals surface area contributed by atoms with Crippen LogP contribution in [0.4, 0.5) is 0 Å². The van der Waals surface area contributed by atoms with Crippen LogP contribution in [0.1, 0.15) is 46.0 Å². The van der Waals surface area contributed by atoms with Crippen molar-refractivity contribution in [2.45, 2.75) is 25.4 Å². The summed E-state index contributed by atoms with van der Waals surface area (Å²) in [6.45, 7) is 0.644. The molecule has 1 atom stereocenters. The van der Waals surface area contributed by atoms with Gasteiger partial charge in [-0.15, -0.1) is 0 Å². The molecule has 3 aromatic carbocycles. The molecule has 0 amide bonds. The molecule has 1 heterocycles. The maximum atomic E-state index is 12.7. The van der Waals surface area contributed by atoms with Gasteiger partial charge < -0.3 is 9.47 Å². The van der Waals surface area contributed by atoms with Gasteiger partial charge in [0.15, 0.2) is 6.10 Å². The Morgan fingerprint density at radius 3 is 2.26 bits per heavy atom. The molecule has 0 radical (unpaired) electrons. The predicted molar refractivity (Wildman–Crippen MR) is 134 cm³/mol. The van der Waals surface area contributed by atoms with E-state index in [4.69, 9.17) is 21.1 Å². The van der Waals surface area contributed by atoms with Crippen molar-refractivity contribution in [1.82, 2.24) is 4.98 Å². The number of aromatic nitrogens is 1. The van der Waals surface area contributed by atoms with Crippen molar-refractivity contribution in [2.24, 2.45) is 0 Å². The van der Waals surface area contributed by atoms with E-state index in [0.29, 0.717) is 12.2 Å². The van der Waals surface area contributed by atoms with Crippen molar-refractivity contribution in [3.63, 3.8) is 0 Å². The van der Waals surface area contributed by atoms with Crippen LogP contribution in [0.3, 0.4) is 0 Å². The van der Waals surface area contributed by atoms with Crippen molar-refractivity contribution >= 4 is 17.6 Å². The van der Waals surface area contributed by atoms with Crippen LogP contribution in [-0.4, -0.2) is 17.6 Å². The molecule has 0 aliphatic rings. The molecular weight excluding hydrogens is 446 g/mol. The number of hydrogen-bond acceptors (Lipinski definition) is 4. The first kappa shape index (κ1) is 23.5. The second kappa shape index (κ2) is 12.0. The largest absolute Gasteiger partial charge is 0.494 e. The number of aryl methyl sites for hydroxylation is 1. The number of pyridine rings is 1. The Labute approximate surface area is 205 Å². The van der Waals surface area contributed by atoms with Crippen molar-refractivity contribution in [3.05, 3.63) is 131 Å². The molecule has 0 aliphatic heterocycles. The zero-order chi connectivity index (χ0) is 23.6. The minimum absolute atomic E-state index is 0.414. The first-order chi connectivity index (χ1) is 16.7. The number of benzene rings is 3. The van der Waals surface area contributed by atoms with Crippen LogP contribution in [0.15, 0.2) is 103 Å². The molecule has 0 bridgehead atoms.